The highest BCUT2D eigenvalue weighted by molar-refractivity contribution is 9.10. The largest absolute Gasteiger partial charge is 0.383 e. The molecule has 0 spiro atoms. The zero-order valence-corrected chi connectivity index (χ0v) is 11.4. The molecule has 1 saturated carbocycles. The summed E-state index contributed by atoms with van der Waals surface area (Å²) in [6.07, 6.45) is 2.10. The second-order valence-corrected chi connectivity index (χ2v) is 5.36. The Hall–Kier alpha value is -1.56. The first-order valence-electron chi connectivity index (χ1n) is 5.84. The highest BCUT2D eigenvalue weighted by Crippen LogP contribution is 2.43. The molecular formula is C13H10BrF2N3. The molecule has 1 aliphatic carbocycles. The Bertz CT molecular complexity index is 636. The summed E-state index contributed by atoms with van der Waals surface area (Å²) in [7, 11) is 0. The Morgan fingerprint density at radius 2 is 1.74 bits per heavy atom. The van der Waals surface area contributed by atoms with Crippen molar-refractivity contribution < 1.29 is 8.78 Å². The Kier molecular flexibility index (Phi) is 2.97. The molecule has 1 fully saturated rings. The van der Waals surface area contributed by atoms with Crippen molar-refractivity contribution in [1.29, 1.82) is 0 Å². The SMILES string of the molecule is Nc1nc(-c2cc(F)cc(F)c2)nc(C2CC2)c1Br. The molecule has 1 aliphatic rings. The van der Waals surface area contributed by atoms with Crippen molar-refractivity contribution >= 4 is 21.7 Å². The van der Waals surface area contributed by atoms with Gasteiger partial charge in [-0.3, -0.25) is 0 Å². The van der Waals surface area contributed by atoms with Gasteiger partial charge in [-0.25, -0.2) is 18.7 Å². The van der Waals surface area contributed by atoms with Gasteiger partial charge in [-0.1, -0.05) is 0 Å². The number of benzene rings is 1. The number of hydrogen-bond acceptors (Lipinski definition) is 3. The van der Waals surface area contributed by atoms with Crippen LogP contribution in [0.15, 0.2) is 22.7 Å². The number of hydrogen-bond donors (Lipinski definition) is 1. The van der Waals surface area contributed by atoms with Gasteiger partial charge >= 0.3 is 0 Å². The van der Waals surface area contributed by atoms with E-state index in [0.717, 1.165) is 24.6 Å². The molecule has 1 heterocycles. The molecule has 0 saturated heterocycles. The number of aromatic nitrogens is 2. The summed E-state index contributed by atoms with van der Waals surface area (Å²) in [5.74, 6) is -0.421. The number of halogens is 3. The lowest BCUT2D eigenvalue weighted by Gasteiger charge is -2.08. The maximum Gasteiger partial charge on any atom is 0.162 e. The van der Waals surface area contributed by atoms with Gasteiger partial charge in [0.2, 0.25) is 0 Å². The quantitative estimate of drug-likeness (QED) is 0.917. The molecule has 98 valence electrons. The van der Waals surface area contributed by atoms with Gasteiger partial charge in [-0.15, -0.1) is 0 Å². The normalized spacial score (nSPS) is 14.7. The van der Waals surface area contributed by atoms with E-state index in [9.17, 15) is 8.78 Å². The predicted molar refractivity (Wildman–Crippen MR) is 71.5 cm³/mol. The Morgan fingerprint density at radius 1 is 1.11 bits per heavy atom. The van der Waals surface area contributed by atoms with Gasteiger partial charge < -0.3 is 5.73 Å². The standard InChI is InChI=1S/C13H10BrF2N3/c14-10-11(6-1-2-6)18-13(19-12(10)17)7-3-8(15)5-9(16)4-7/h3-6H,1-2H2,(H2,17,18,19). The van der Waals surface area contributed by atoms with Gasteiger partial charge in [0.1, 0.15) is 17.5 Å². The molecule has 0 atom stereocenters. The summed E-state index contributed by atoms with van der Waals surface area (Å²) in [4.78, 5) is 8.46. The zero-order valence-electron chi connectivity index (χ0n) is 9.83. The third-order valence-corrected chi connectivity index (χ3v) is 3.80. The van der Waals surface area contributed by atoms with Gasteiger partial charge in [-0.2, -0.15) is 0 Å². The van der Waals surface area contributed by atoms with Crippen LogP contribution < -0.4 is 5.73 Å². The van der Waals surface area contributed by atoms with E-state index in [1.165, 1.54) is 12.1 Å². The van der Waals surface area contributed by atoms with E-state index in [0.29, 0.717) is 16.0 Å². The molecule has 0 radical (unpaired) electrons. The van der Waals surface area contributed by atoms with E-state index in [-0.39, 0.29) is 11.6 Å². The van der Waals surface area contributed by atoms with E-state index in [2.05, 4.69) is 25.9 Å². The maximum absolute atomic E-state index is 13.2. The number of nitrogen functional groups attached to an aromatic ring is 1. The Balaban J connectivity index is 2.14. The van der Waals surface area contributed by atoms with E-state index < -0.39 is 11.6 Å². The molecule has 2 N–H and O–H groups in total. The van der Waals surface area contributed by atoms with Crippen LogP contribution in [0.5, 0.6) is 0 Å². The lowest BCUT2D eigenvalue weighted by molar-refractivity contribution is 0.584. The number of rotatable bonds is 2. The fourth-order valence-corrected chi connectivity index (χ4v) is 2.42. The van der Waals surface area contributed by atoms with Crippen LogP contribution in [0, 0.1) is 11.6 Å². The predicted octanol–water partition coefficient (Wildman–Crippen LogP) is 3.64. The van der Waals surface area contributed by atoms with Gasteiger partial charge in [0.25, 0.3) is 0 Å². The topological polar surface area (TPSA) is 51.8 Å². The third-order valence-electron chi connectivity index (χ3n) is 2.99. The summed E-state index contributed by atoms with van der Waals surface area (Å²) >= 11 is 3.36. The highest BCUT2D eigenvalue weighted by atomic mass is 79.9. The summed E-state index contributed by atoms with van der Waals surface area (Å²) in [6.45, 7) is 0. The molecule has 2 aromatic rings. The smallest absolute Gasteiger partial charge is 0.162 e. The minimum atomic E-state index is -0.659. The summed E-state index contributed by atoms with van der Waals surface area (Å²) in [5.41, 5.74) is 6.92. The molecule has 0 aliphatic heterocycles. The Morgan fingerprint density at radius 3 is 2.32 bits per heavy atom. The number of nitrogens with zero attached hydrogens (tertiary/aromatic N) is 2. The van der Waals surface area contributed by atoms with Gasteiger partial charge in [0, 0.05) is 17.5 Å². The molecule has 6 heteroatoms. The van der Waals surface area contributed by atoms with E-state index in [1.54, 1.807) is 0 Å². The van der Waals surface area contributed by atoms with Crippen molar-refractivity contribution in [2.45, 2.75) is 18.8 Å². The zero-order chi connectivity index (χ0) is 13.6. The molecule has 19 heavy (non-hydrogen) atoms. The van der Waals surface area contributed by atoms with Crippen LogP contribution in [0.1, 0.15) is 24.5 Å². The van der Waals surface area contributed by atoms with Gasteiger partial charge in [-0.05, 0) is 40.9 Å². The van der Waals surface area contributed by atoms with Crippen molar-refractivity contribution in [1.82, 2.24) is 9.97 Å². The van der Waals surface area contributed by atoms with Crippen LogP contribution in [-0.2, 0) is 0 Å². The van der Waals surface area contributed by atoms with Crippen LogP contribution in [0.3, 0.4) is 0 Å². The monoisotopic (exact) mass is 325 g/mol. The van der Waals surface area contributed by atoms with Crippen molar-refractivity contribution in [2.24, 2.45) is 0 Å². The first kappa shape index (κ1) is 12.5. The molecule has 3 nitrogen and oxygen atoms in total. The maximum atomic E-state index is 13.2. The third kappa shape index (κ3) is 2.45. The fraction of sp³-hybridized carbons (Fsp3) is 0.231. The highest BCUT2D eigenvalue weighted by Gasteiger charge is 2.29. The molecule has 1 aromatic carbocycles. The Labute approximate surface area is 117 Å². The molecule has 0 unspecified atom stereocenters. The number of anilines is 1. The second kappa shape index (κ2) is 4.52. The van der Waals surface area contributed by atoms with Crippen molar-refractivity contribution in [2.75, 3.05) is 5.73 Å². The van der Waals surface area contributed by atoms with E-state index in [1.807, 2.05) is 0 Å². The summed E-state index contributed by atoms with van der Waals surface area (Å²) in [5, 5.41) is 0. The summed E-state index contributed by atoms with van der Waals surface area (Å²) in [6, 6.07) is 3.21. The number of nitrogens with two attached hydrogens (primary N) is 1. The van der Waals surface area contributed by atoms with Crippen LogP contribution in [0.2, 0.25) is 0 Å². The average Bonchev–Trinajstić information content (AvgIpc) is 3.15. The molecular weight excluding hydrogens is 316 g/mol. The van der Waals surface area contributed by atoms with Crippen LogP contribution >= 0.6 is 15.9 Å². The molecule has 3 rings (SSSR count). The molecule has 0 bridgehead atoms. The van der Waals surface area contributed by atoms with E-state index in [4.69, 9.17) is 5.73 Å². The van der Waals surface area contributed by atoms with Crippen molar-refractivity contribution in [3.63, 3.8) is 0 Å². The fourth-order valence-electron chi connectivity index (χ4n) is 1.92. The average molecular weight is 326 g/mol. The first-order valence-corrected chi connectivity index (χ1v) is 6.63. The first-order chi connectivity index (χ1) is 9.04. The van der Waals surface area contributed by atoms with Crippen LogP contribution in [-0.4, -0.2) is 9.97 Å². The minimum absolute atomic E-state index is 0.251. The van der Waals surface area contributed by atoms with Crippen LogP contribution in [0.25, 0.3) is 11.4 Å². The van der Waals surface area contributed by atoms with E-state index >= 15 is 0 Å². The molecule has 1 aromatic heterocycles. The van der Waals surface area contributed by atoms with Crippen molar-refractivity contribution in [3.8, 4) is 11.4 Å². The lowest BCUT2D eigenvalue weighted by atomic mass is 10.2. The lowest BCUT2D eigenvalue weighted by Crippen LogP contribution is -2.02. The second-order valence-electron chi connectivity index (χ2n) is 4.56. The van der Waals surface area contributed by atoms with Gasteiger partial charge in [0.15, 0.2) is 5.82 Å². The molecule has 0 amide bonds. The van der Waals surface area contributed by atoms with Crippen molar-refractivity contribution in [3.05, 3.63) is 40.0 Å². The van der Waals surface area contributed by atoms with Gasteiger partial charge in [0.05, 0.1) is 10.2 Å². The van der Waals surface area contributed by atoms with Crippen LogP contribution in [0.4, 0.5) is 14.6 Å². The summed E-state index contributed by atoms with van der Waals surface area (Å²) < 4.78 is 27.1. The minimum Gasteiger partial charge on any atom is -0.383 e.